The molecule has 1 amide bonds. The van der Waals surface area contributed by atoms with Crippen molar-refractivity contribution in [3.8, 4) is 28.5 Å². The number of aryl methyl sites for hydroxylation is 1. The van der Waals surface area contributed by atoms with Crippen LogP contribution in [0, 0.1) is 23.7 Å². The molecule has 0 aliphatic heterocycles. The van der Waals surface area contributed by atoms with E-state index >= 15 is 0 Å². The number of pyridine rings is 1. The lowest BCUT2D eigenvalue weighted by Gasteiger charge is -2.19. The highest BCUT2D eigenvalue weighted by molar-refractivity contribution is 6.29. The molecule has 0 unspecified atom stereocenters. The lowest BCUT2D eigenvalue weighted by molar-refractivity contribution is -0.125. The van der Waals surface area contributed by atoms with Crippen molar-refractivity contribution >= 4 is 23.2 Å². The topological polar surface area (TPSA) is 110 Å². The predicted octanol–water partition coefficient (Wildman–Crippen LogP) is 4.35. The molecule has 0 bridgehead atoms. The number of benzene rings is 1. The first kappa shape index (κ1) is 21.5. The van der Waals surface area contributed by atoms with Gasteiger partial charge >= 0.3 is 0 Å². The first-order valence-corrected chi connectivity index (χ1v) is 10.4. The highest BCUT2D eigenvalue weighted by Crippen LogP contribution is 2.36. The molecule has 0 spiro atoms. The van der Waals surface area contributed by atoms with Crippen LogP contribution in [-0.2, 0) is 11.2 Å². The van der Waals surface area contributed by atoms with Gasteiger partial charge < -0.3 is 5.73 Å². The number of amides is 1. The minimum absolute atomic E-state index is 0.363. The Labute approximate surface area is 190 Å². The van der Waals surface area contributed by atoms with Gasteiger partial charge in [-0.15, -0.1) is 0 Å². The summed E-state index contributed by atoms with van der Waals surface area (Å²) in [7, 11) is 0. The molecule has 3 aromatic heterocycles. The second-order valence-corrected chi connectivity index (χ2v) is 8.74. The maximum absolute atomic E-state index is 11.8. The van der Waals surface area contributed by atoms with Gasteiger partial charge in [0.2, 0.25) is 5.91 Å². The van der Waals surface area contributed by atoms with E-state index < -0.39 is 11.3 Å². The van der Waals surface area contributed by atoms with Gasteiger partial charge in [0.15, 0.2) is 5.65 Å². The van der Waals surface area contributed by atoms with Crippen LogP contribution in [0.4, 0.5) is 0 Å². The number of rotatable bonds is 5. The fourth-order valence-electron chi connectivity index (χ4n) is 3.58. The van der Waals surface area contributed by atoms with Gasteiger partial charge in [-0.3, -0.25) is 4.79 Å². The highest BCUT2D eigenvalue weighted by atomic mass is 35.5. The van der Waals surface area contributed by atoms with Gasteiger partial charge in [0.25, 0.3) is 0 Å². The van der Waals surface area contributed by atoms with Gasteiger partial charge in [-0.05, 0) is 42.8 Å². The molecular formula is C24H21ClN6O. The number of nitriles is 1. The van der Waals surface area contributed by atoms with Gasteiger partial charge in [-0.1, -0.05) is 37.6 Å². The number of carbonyl (C=O) groups is 1. The van der Waals surface area contributed by atoms with Crippen LogP contribution in [0.5, 0.6) is 0 Å². The number of carbonyl (C=O) groups excluding carboxylic acids is 1. The average Bonchev–Trinajstić information content (AvgIpc) is 3.11. The monoisotopic (exact) mass is 444 g/mol. The number of primary amides is 1. The Morgan fingerprint density at radius 3 is 2.66 bits per heavy atom. The first-order chi connectivity index (χ1) is 15.2. The number of nitrogens with two attached hydrogens (primary N) is 1. The number of hydrogen-bond donors (Lipinski definition) is 1. The minimum Gasteiger partial charge on any atom is -0.369 e. The Morgan fingerprint density at radius 1 is 1.19 bits per heavy atom. The van der Waals surface area contributed by atoms with Crippen LogP contribution in [0.15, 0.2) is 48.7 Å². The van der Waals surface area contributed by atoms with Crippen LogP contribution in [0.25, 0.3) is 28.0 Å². The molecule has 1 aromatic carbocycles. The van der Waals surface area contributed by atoms with Crippen molar-refractivity contribution < 1.29 is 4.79 Å². The van der Waals surface area contributed by atoms with Crippen molar-refractivity contribution in [3.05, 3.63) is 70.8 Å². The van der Waals surface area contributed by atoms with E-state index in [1.807, 2.05) is 37.4 Å². The predicted molar refractivity (Wildman–Crippen MR) is 123 cm³/mol. The highest BCUT2D eigenvalue weighted by Gasteiger charge is 2.27. The van der Waals surface area contributed by atoms with E-state index in [1.165, 1.54) is 0 Å². The molecule has 0 aliphatic carbocycles. The van der Waals surface area contributed by atoms with Crippen molar-refractivity contribution in [1.82, 2.24) is 19.6 Å². The van der Waals surface area contributed by atoms with E-state index in [1.54, 1.807) is 36.6 Å². The SMILES string of the molecule is Cc1cc(-c2c(-c3cccc(C#N)c3)nn3ccc(CC(C)(C)C(N)=O)nc23)cc(Cl)n1. The van der Waals surface area contributed by atoms with E-state index in [2.05, 4.69) is 11.1 Å². The Balaban J connectivity index is 1.99. The number of halogens is 1. The minimum atomic E-state index is -0.744. The smallest absolute Gasteiger partial charge is 0.223 e. The molecule has 7 nitrogen and oxygen atoms in total. The summed E-state index contributed by atoms with van der Waals surface area (Å²) in [6, 6.07) is 14.9. The van der Waals surface area contributed by atoms with Crippen LogP contribution < -0.4 is 5.73 Å². The van der Waals surface area contributed by atoms with Crippen molar-refractivity contribution in [2.75, 3.05) is 0 Å². The quantitative estimate of drug-likeness (QED) is 0.460. The summed E-state index contributed by atoms with van der Waals surface area (Å²) in [4.78, 5) is 20.9. The van der Waals surface area contributed by atoms with Crippen molar-refractivity contribution in [2.24, 2.45) is 11.1 Å². The molecule has 0 fully saturated rings. The summed E-state index contributed by atoms with van der Waals surface area (Å²) in [5.41, 5.74) is 10.5. The third kappa shape index (κ3) is 4.05. The third-order valence-corrected chi connectivity index (χ3v) is 5.50. The molecule has 160 valence electrons. The fourth-order valence-corrected chi connectivity index (χ4v) is 3.83. The average molecular weight is 445 g/mol. The maximum atomic E-state index is 11.8. The number of aromatic nitrogens is 4. The van der Waals surface area contributed by atoms with Gasteiger partial charge in [0.1, 0.15) is 10.8 Å². The molecule has 3 heterocycles. The summed E-state index contributed by atoms with van der Waals surface area (Å²) in [5.74, 6) is -0.390. The maximum Gasteiger partial charge on any atom is 0.223 e. The second kappa shape index (κ2) is 8.06. The standard InChI is InChI=1S/C24H21ClN6O/c1-14-9-17(11-19(25)28-14)20-21(16-6-4-5-15(10-16)13-26)30-31-8-7-18(29-22(20)31)12-24(2,3)23(27)32/h4-11H,12H2,1-3H3,(H2,27,32). The Kier molecular flexibility index (Phi) is 5.41. The van der Waals surface area contributed by atoms with Crippen molar-refractivity contribution in [2.45, 2.75) is 27.2 Å². The molecule has 0 saturated carbocycles. The van der Waals surface area contributed by atoms with Crippen LogP contribution in [-0.4, -0.2) is 25.5 Å². The Bertz CT molecular complexity index is 1380. The zero-order chi connectivity index (χ0) is 23.0. The summed E-state index contributed by atoms with van der Waals surface area (Å²) in [6.07, 6.45) is 2.20. The summed E-state index contributed by atoms with van der Waals surface area (Å²) >= 11 is 6.26. The Morgan fingerprint density at radius 2 is 1.97 bits per heavy atom. The Hall–Kier alpha value is -3.76. The molecule has 4 aromatic rings. The normalized spacial score (nSPS) is 11.5. The van der Waals surface area contributed by atoms with Crippen LogP contribution in [0.1, 0.15) is 30.8 Å². The molecule has 0 aliphatic rings. The van der Waals surface area contributed by atoms with E-state index in [0.717, 1.165) is 28.1 Å². The molecule has 32 heavy (non-hydrogen) atoms. The molecular weight excluding hydrogens is 424 g/mol. The lowest BCUT2D eigenvalue weighted by atomic mass is 9.87. The molecule has 8 heteroatoms. The first-order valence-electron chi connectivity index (χ1n) is 10.0. The van der Waals surface area contributed by atoms with Gasteiger partial charge in [0, 0.05) is 35.0 Å². The van der Waals surface area contributed by atoms with E-state index in [-0.39, 0.29) is 0 Å². The summed E-state index contributed by atoms with van der Waals surface area (Å²) in [5, 5.41) is 14.5. The molecule has 4 rings (SSSR count). The van der Waals surface area contributed by atoms with Crippen LogP contribution in [0.2, 0.25) is 5.15 Å². The number of hydrogen-bond acceptors (Lipinski definition) is 5. The lowest BCUT2D eigenvalue weighted by Crippen LogP contribution is -2.33. The number of fused-ring (bicyclic) bond motifs is 1. The number of nitrogens with zero attached hydrogens (tertiary/aromatic N) is 5. The van der Waals surface area contributed by atoms with Gasteiger partial charge in [0.05, 0.1) is 17.2 Å². The van der Waals surface area contributed by atoms with Crippen LogP contribution >= 0.6 is 11.6 Å². The van der Waals surface area contributed by atoms with Gasteiger partial charge in [-0.2, -0.15) is 10.4 Å². The zero-order valence-corrected chi connectivity index (χ0v) is 18.7. The van der Waals surface area contributed by atoms with Crippen LogP contribution in [0.3, 0.4) is 0 Å². The van der Waals surface area contributed by atoms with E-state index in [9.17, 15) is 10.1 Å². The molecule has 0 saturated heterocycles. The van der Waals surface area contributed by atoms with Gasteiger partial charge in [-0.25, -0.2) is 14.5 Å². The second-order valence-electron chi connectivity index (χ2n) is 8.35. The van der Waals surface area contributed by atoms with E-state index in [4.69, 9.17) is 27.4 Å². The third-order valence-electron chi connectivity index (χ3n) is 5.31. The van der Waals surface area contributed by atoms with E-state index in [0.29, 0.717) is 28.5 Å². The fraction of sp³-hybridized carbons (Fsp3) is 0.208. The summed E-state index contributed by atoms with van der Waals surface area (Å²) < 4.78 is 1.69. The van der Waals surface area contributed by atoms with Crippen molar-refractivity contribution in [1.29, 1.82) is 5.26 Å². The van der Waals surface area contributed by atoms with Crippen molar-refractivity contribution in [3.63, 3.8) is 0 Å². The molecule has 2 N–H and O–H groups in total. The largest absolute Gasteiger partial charge is 0.369 e. The zero-order valence-electron chi connectivity index (χ0n) is 17.9. The molecule has 0 atom stereocenters. The molecule has 0 radical (unpaired) electrons. The summed E-state index contributed by atoms with van der Waals surface area (Å²) in [6.45, 7) is 5.46.